The second-order valence-electron chi connectivity index (χ2n) is 6.86. The fraction of sp³-hybridized carbons (Fsp3) is 0.389. The predicted octanol–water partition coefficient (Wildman–Crippen LogP) is 2.87. The van der Waals surface area contributed by atoms with Crippen molar-refractivity contribution in [2.75, 3.05) is 12.3 Å². The number of hydrogen-bond donors (Lipinski definition) is 0. The van der Waals surface area contributed by atoms with E-state index in [4.69, 9.17) is 11.6 Å². The van der Waals surface area contributed by atoms with Gasteiger partial charge in [0.1, 0.15) is 11.5 Å². The van der Waals surface area contributed by atoms with E-state index >= 15 is 0 Å². The number of sulfonamides is 1. The average molecular weight is 471 g/mol. The van der Waals surface area contributed by atoms with E-state index in [0.29, 0.717) is 24.5 Å². The number of rotatable bonds is 5. The number of aryl methyl sites for hydroxylation is 1. The Balaban J connectivity index is 1.72. The summed E-state index contributed by atoms with van der Waals surface area (Å²) in [6, 6.07) is 3.43. The van der Waals surface area contributed by atoms with Crippen LogP contribution in [0.25, 0.3) is 11.5 Å². The molecule has 0 radical (unpaired) electrons. The Morgan fingerprint density at radius 3 is 2.73 bits per heavy atom. The molecule has 0 saturated heterocycles. The SMILES string of the molecule is CCSc1nnc(-c2nn(C)c3c2CN(S(=O)(=O)c2ccc(F)c(Cl)c2)CC3)n1C. The third-order valence-electron chi connectivity index (χ3n) is 5.06. The summed E-state index contributed by atoms with van der Waals surface area (Å²) in [5.74, 6) is 0.791. The lowest BCUT2D eigenvalue weighted by molar-refractivity contribution is 0.386. The molecule has 12 heteroatoms. The van der Waals surface area contributed by atoms with Crippen molar-refractivity contribution in [2.24, 2.45) is 14.1 Å². The smallest absolute Gasteiger partial charge is 0.243 e. The lowest BCUT2D eigenvalue weighted by Crippen LogP contribution is -2.36. The maximum Gasteiger partial charge on any atom is 0.243 e. The van der Waals surface area contributed by atoms with E-state index in [0.717, 1.165) is 34.3 Å². The molecule has 0 saturated carbocycles. The summed E-state index contributed by atoms with van der Waals surface area (Å²) in [7, 11) is -0.144. The number of halogens is 2. The summed E-state index contributed by atoms with van der Waals surface area (Å²) in [4.78, 5) is -0.0388. The Hall–Kier alpha value is -1.95. The van der Waals surface area contributed by atoms with Crippen molar-refractivity contribution >= 4 is 33.4 Å². The molecule has 0 aliphatic carbocycles. The molecule has 0 atom stereocenters. The van der Waals surface area contributed by atoms with Crippen molar-refractivity contribution in [3.63, 3.8) is 0 Å². The summed E-state index contributed by atoms with van der Waals surface area (Å²) in [6.45, 7) is 2.46. The van der Waals surface area contributed by atoms with Gasteiger partial charge in [0, 0.05) is 44.9 Å². The summed E-state index contributed by atoms with van der Waals surface area (Å²) in [5, 5.41) is 13.6. The highest BCUT2D eigenvalue weighted by atomic mass is 35.5. The van der Waals surface area contributed by atoms with Crippen LogP contribution in [0.2, 0.25) is 5.02 Å². The summed E-state index contributed by atoms with van der Waals surface area (Å²) < 4.78 is 44.8. The third kappa shape index (κ3) is 3.53. The maximum absolute atomic E-state index is 13.5. The van der Waals surface area contributed by atoms with Crippen LogP contribution in [0, 0.1) is 5.82 Å². The molecule has 2 aromatic heterocycles. The molecule has 0 amide bonds. The Bertz CT molecular complexity index is 1220. The van der Waals surface area contributed by atoms with E-state index in [2.05, 4.69) is 15.3 Å². The average Bonchev–Trinajstić information content (AvgIpc) is 3.24. The molecule has 1 aliphatic heterocycles. The standard InChI is InChI=1S/C18H20ClFN6O2S2/c1-4-29-18-22-21-17(24(18)2)16-12-10-26(8-7-15(12)25(3)23-16)30(27,28)11-5-6-14(20)13(19)9-11/h5-6,9H,4,7-8,10H2,1-3H3. The molecule has 4 rings (SSSR count). The lowest BCUT2D eigenvalue weighted by atomic mass is 10.1. The monoisotopic (exact) mass is 470 g/mol. The first-order chi connectivity index (χ1) is 14.2. The van der Waals surface area contributed by atoms with Crippen LogP contribution in [0.4, 0.5) is 4.39 Å². The van der Waals surface area contributed by atoms with Crippen LogP contribution in [0.15, 0.2) is 28.3 Å². The second-order valence-corrected chi connectivity index (χ2v) is 10.4. The fourth-order valence-electron chi connectivity index (χ4n) is 3.51. The first kappa shape index (κ1) is 21.3. The third-order valence-corrected chi connectivity index (χ3v) is 8.09. The number of benzene rings is 1. The molecule has 8 nitrogen and oxygen atoms in total. The van der Waals surface area contributed by atoms with Gasteiger partial charge >= 0.3 is 0 Å². The van der Waals surface area contributed by atoms with Gasteiger partial charge in [-0.3, -0.25) is 4.68 Å². The van der Waals surface area contributed by atoms with Gasteiger partial charge in [-0.2, -0.15) is 9.40 Å². The van der Waals surface area contributed by atoms with Gasteiger partial charge in [0.05, 0.1) is 9.92 Å². The molecule has 3 aromatic rings. The highest BCUT2D eigenvalue weighted by Gasteiger charge is 2.33. The van der Waals surface area contributed by atoms with Gasteiger partial charge in [-0.05, 0) is 24.0 Å². The predicted molar refractivity (Wildman–Crippen MR) is 112 cm³/mol. The number of fused-ring (bicyclic) bond motifs is 1. The molecule has 0 bridgehead atoms. The molecule has 1 aromatic carbocycles. The van der Waals surface area contributed by atoms with Crippen molar-refractivity contribution < 1.29 is 12.8 Å². The zero-order valence-corrected chi connectivity index (χ0v) is 19.0. The Morgan fingerprint density at radius 2 is 2.03 bits per heavy atom. The van der Waals surface area contributed by atoms with Crippen LogP contribution in [0.5, 0.6) is 0 Å². The Labute approximate surface area is 183 Å². The van der Waals surface area contributed by atoms with E-state index < -0.39 is 15.8 Å². The minimum Gasteiger partial charge on any atom is -0.304 e. The van der Waals surface area contributed by atoms with Crippen LogP contribution in [-0.2, 0) is 37.1 Å². The molecule has 160 valence electrons. The van der Waals surface area contributed by atoms with E-state index in [-0.39, 0.29) is 16.5 Å². The molecule has 0 spiro atoms. The summed E-state index contributed by atoms with van der Waals surface area (Å²) in [5.41, 5.74) is 2.37. The number of hydrogen-bond acceptors (Lipinski definition) is 6. The van der Waals surface area contributed by atoms with Gasteiger partial charge in [-0.1, -0.05) is 30.3 Å². The van der Waals surface area contributed by atoms with Crippen LogP contribution < -0.4 is 0 Å². The van der Waals surface area contributed by atoms with Crippen LogP contribution in [0.1, 0.15) is 18.2 Å². The molecule has 0 fully saturated rings. The van der Waals surface area contributed by atoms with Gasteiger partial charge in [-0.25, -0.2) is 12.8 Å². The first-order valence-electron chi connectivity index (χ1n) is 9.26. The minimum atomic E-state index is -3.85. The number of nitrogens with zero attached hydrogens (tertiary/aromatic N) is 6. The molecule has 3 heterocycles. The summed E-state index contributed by atoms with van der Waals surface area (Å²) >= 11 is 7.37. The van der Waals surface area contributed by atoms with E-state index in [1.165, 1.54) is 10.4 Å². The van der Waals surface area contributed by atoms with Crippen LogP contribution in [0.3, 0.4) is 0 Å². The van der Waals surface area contributed by atoms with Gasteiger partial charge in [0.2, 0.25) is 10.0 Å². The highest BCUT2D eigenvalue weighted by molar-refractivity contribution is 7.99. The highest BCUT2D eigenvalue weighted by Crippen LogP contribution is 2.33. The van der Waals surface area contributed by atoms with Gasteiger partial charge < -0.3 is 4.57 Å². The van der Waals surface area contributed by atoms with Crippen molar-refractivity contribution in [1.82, 2.24) is 28.9 Å². The van der Waals surface area contributed by atoms with Gasteiger partial charge in [0.25, 0.3) is 0 Å². The topological polar surface area (TPSA) is 85.9 Å². The zero-order chi connectivity index (χ0) is 21.6. The lowest BCUT2D eigenvalue weighted by Gasteiger charge is -2.27. The molecular weight excluding hydrogens is 451 g/mol. The van der Waals surface area contributed by atoms with Crippen molar-refractivity contribution in [1.29, 1.82) is 0 Å². The Morgan fingerprint density at radius 1 is 1.27 bits per heavy atom. The molecule has 0 N–H and O–H groups in total. The fourth-order valence-corrected chi connectivity index (χ4v) is 5.83. The summed E-state index contributed by atoms with van der Waals surface area (Å²) in [6.07, 6.45) is 0.501. The second kappa shape index (κ2) is 7.95. The normalized spacial score (nSPS) is 14.8. The minimum absolute atomic E-state index is 0.0388. The maximum atomic E-state index is 13.5. The zero-order valence-electron chi connectivity index (χ0n) is 16.6. The van der Waals surface area contributed by atoms with E-state index in [1.807, 2.05) is 25.6 Å². The quantitative estimate of drug-likeness (QED) is 0.533. The van der Waals surface area contributed by atoms with Crippen LogP contribution in [-0.4, -0.2) is 49.6 Å². The van der Waals surface area contributed by atoms with E-state index in [9.17, 15) is 12.8 Å². The number of thioether (sulfide) groups is 1. The first-order valence-corrected chi connectivity index (χ1v) is 12.1. The van der Waals surface area contributed by atoms with Gasteiger partial charge in [-0.15, -0.1) is 10.2 Å². The molecular formula is C18H20ClFN6O2S2. The van der Waals surface area contributed by atoms with Crippen molar-refractivity contribution in [3.8, 4) is 11.5 Å². The van der Waals surface area contributed by atoms with Gasteiger partial charge in [0.15, 0.2) is 11.0 Å². The molecule has 30 heavy (non-hydrogen) atoms. The van der Waals surface area contributed by atoms with Crippen LogP contribution >= 0.6 is 23.4 Å². The molecule has 0 unspecified atom stereocenters. The van der Waals surface area contributed by atoms with Crippen molar-refractivity contribution in [3.05, 3.63) is 40.3 Å². The Kier molecular flexibility index (Phi) is 5.64. The number of aromatic nitrogens is 5. The molecule has 1 aliphatic rings. The van der Waals surface area contributed by atoms with Crippen molar-refractivity contribution in [2.45, 2.75) is 29.9 Å². The largest absolute Gasteiger partial charge is 0.304 e. The van der Waals surface area contributed by atoms with E-state index in [1.54, 1.807) is 16.4 Å².